The van der Waals surface area contributed by atoms with Gasteiger partial charge in [0.25, 0.3) is 0 Å². The average molecular weight is 938 g/mol. The fourth-order valence-electron chi connectivity index (χ4n) is 4.08. The van der Waals surface area contributed by atoms with E-state index in [0.29, 0.717) is 6.54 Å². The van der Waals surface area contributed by atoms with Gasteiger partial charge in [-0.05, 0) is 167 Å². The minimum absolute atomic E-state index is 0.0214. The highest BCUT2D eigenvalue weighted by Gasteiger charge is 2.41. The Hall–Kier alpha value is 1.68. The van der Waals surface area contributed by atoms with Gasteiger partial charge in [0.1, 0.15) is 0 Å². The third kappa shape index (κ3) is 33.9. The van der Waals surface area contributed by atoms with Gasteiger partial charge in [0.2, 0.25) is 10.6 Å². The smallest absolute Gasteiger partial charge is 0.314 e. The summed E-state index contributed by atoms with van der Waals surface area (Å²) in [7, 11) is -10.5. The van der Waals surface area contributed by atoms with Crippen LogP contribution >= 0.6 is 47.8 Å². The van der Waals surface area contributed by atoms with Crippen molar-refractivity contribution in [1.82, 2.24) is 5.32 Å². The molecule has 0 bridgehead atoms. The Labute approximate surface area is 309 Å². The molecule has 0 aromatic carbocycles. The summed E-state index contributed by atoms with van der Waals surface area (Å²) in [5.41, 5.74) is 5.60. The van der Waals surface area contributed by atoms with Crippen molar-refractivity contribution in [2.24, 2.45) is 5.73 Å². The first-order valence-electron chi connectivity index (χ1n) is 15.8. The molecular formula is C28H69Br3N2O6Si6. The zero-order valence-electron chi connectivity index (χ0n) is 31.9. The van der Waals surface area contributed by atoms with Crippen molar-refractivity contribution in [3.05, 3.63) is 0 Å². The van der Waals surface area contributed by atoms with Gasteiger partial charge in [-0.1, -0.05) is 31.9 Å². The van der Waals surface area contributed by atoms with Crippen molar-refractivity contribution in [2.45, 2.75) is 153 Å². The maximum atomic E-state index is 11.9. The number of nitrogens with two attached hydrogens (primary N) is 1. The first-order valence-corrected chi connectivity index (χ1v) is 36.9. The summed E-state index contributed by atoms with van der Waals surface area (Å²) >= 11 is 9.33. The number of carbonyl (C=O) groups is 2. The number of halogens is 3. The highest BCUT2D eigenvalue weighted by molar-refractivity contribution is 9.20. The Balaban J connectivity index is -0.000000667. The molecule has 0 aliphatic carbocycles. The lowest BCUT2D eigenvalue weighted by molar-refractivity contribution is -0.122. The van der Waals surface area contributed by atoms with E-state index in [-0.39, 0.29) is 10.6 Å². The number of hydrogen-bond donors (Lipinski definition) is 2. The van der Waals surface area contributed by atoms with Crippen LogP contribution in [0.3, 0.4) is 0 Å². The minimum Gasteiger partial charge on any atom is -0.437 e. The molecule has 0 heterocycles. The Morgan fingerprint density at radius 2 is 0.867 bits per heavy atom. The molecule has 0 fully saturated rings. The van der Waals surface area contributed by atoms with Crippen LogP contribution in [-0.2, 0) is 26.0 Å². The normalized spacial score (nSPS) is 13.7. The first-order chi connectivity index (χ1) is 19.5. The number of amides is 1. The predicted octanol–water partition coefficient (Wildman–Crippen LogP) is 9.63. The van der Waals surface area contributed by atoms with Gasteiger partial charge >= 0.3 is 17.1 Å². The Bertz CT molecular complexity index is 847. The summed E-state index contributed by atoms with van der Waals surface area (Å²) < 4.78 is 24.6. The summed E-state index contributed by atoms with van der Waals surface area (Å²) in [6.07, 6.45) is 1.91. The number of alkyl halides is 2. The van der Waals surface area contributed by atoms with Crippen molar-refractivity contribution in [3.63, 3.8) is 0 Å². The molecule has 0 aromatic rings. The number of carbonyl (C=O) groups excluding carboxylic acids is 2. The van der Waals surface area contributed by atoms with Gasteiger partial charge in [0.05, 0.1) is 8.65 Å². The topological polar surface area (TPSA) is 109 Å². The molecule has 17 heteroatoms. The van der Waals surface area contributed by atoms with Gasteiger partial charge < -0.3 is 27.5 Å². The van der Waals surface area contributed by atoms with Gasteiger partial charge in [-0.25, -0.2) is 0 Å². The number of hydrogen-bond acceptors (Lipinski definition) is 7. The molecule has 0 saturated carbocycles. The molecule has 0 rings (SSSR count). The van der Waals surface area contributed by atoms with Crippen LogP contribution < -0.4 is 11.1 Å². The fourth-order valence-corrected chi connectivity index (χ4v) is 29.3. The second kappa shape index (κ2) is 20.5. The van der Waals surface area contributed by atoms with Crippen LogP contribution in [0.1, 0.15) is 40.5 Å². The summed E-state index contributed by atoms with van der Waals surface area (Å²) in [6.45, 7) is 39.7. The second-order valence-corrected chi connectivity index (χ2v) is 47.0. The summed E-state index contributed by atoms with van der Waals surface area (Å²) in [6, 6.07) is 1.95. The lowest BCUT2D eigenvalue weighted by Gasteiger charge is -2.38. The summed E-state index contributed by atoms with van der Waals surface area (Å²) in [5.74, 6) is 0.0214. The first kappa shape index (κ1) is 51.1. The number of nitrogens with one attached hydrogen (secondary N) is 1. The molecule has 1 amide bonds. The molecule has 0 radical (unpaired) electrons. The van der Waals surface area contributed by atoms with E-state index in [1.807, 2.05) is 13.8 Å². The minimum atomic E-state index is -2.18. The molecule has 0 spiro atoms. The Morgan fingerprint density at radius 3 is 1.07 bits per heavy atom. The molecule has 8 nitrogen and oxygen atoms in total. The molecule has 0 atom stereocenters. The SMILES string of the molecule is CC(C)(Br)C(=O)Br.CC(C)(Br)C(=O)NCCC[Si](C)(O[Si](C)(C)C)O[Si](C)(C)C.C[Si](C)(C)O[Si](C)(CCCN)O[Si](C)(C)C. The fraction of sp³-hybridized carbons (Fsp3) is 0.929. The van der Waals surface area contributed by atoms with Crippen LogP contribution in [0.5, 0.6) is 0 Å². The summed E-state index contributed by atoms with van der Waals surface area (Å²) in [4.78, 5) is 22.2. The monoisotopic (exact) mass is 934 g/mol. The number of rotatable bonds is 17. The molecular weight excluding hydrogens is 869 g/mol. The van der Waals surface area contributed by atoms with Crippen LogP contribution in [0.2, 0.25) is 104 Å². The van der Waals surface area contributed by atoms with Crippen LogP contribution in [0, 0.1) is 0 Å². The highest BCUT2D eigenvalue weighted by Crippen LogP contribution is 2.26. The van der Waals surface area contributed by atoms with Crippen molar-refractivity contribution < 1.29 is 26.0 Å². The van der Waals surface area contributed by atoms with Crippen molar-refractivity contribution >= 4 is 109 Å². The summed E-state index contributed by atoms with van der Waals surface area (Å²) in [5, 5.41) is 2.97. The zero-order chi connectivity index (χ0) is 36.9. The Kier molecular flexibility index (Phi) is 23.3. The molecule has 0 unspecified atom stereocenters. The highest BCUT2D eigenvalue weighted by atomic mass is 79.9. The van der Waals surface area contributed by atoms with E-state index in [2.05, 4.69) is 145 Å². The Morgan fingerprint density at radius 1 is 0.600 bits per heavy atom. The van der Waals surface area contributed by atoms with E-state index in [0.717, 1.165) is 31.5 Å². The van der Waals surface area contributed by atoms with E-state index in [4.69, 9.17) is 22.2 Å². The maximum absolute atomic E-state index is 11.9. The van der Waals surface area contributed by atoms with Gasteiger partial charge in [-0.15, -0.1) is 0 Å². The van der Waals surface area contributed by atoms with Gasteiger partial charge in [0, 0.05) is 6.54 Å². The third-order valence-electron chi connectivity index (χ3n) is 5.02. The lowest BCUT2D eigenvalue weighted by atomic mass is 10.2. The van der Waals surface area contributed by atoms with Crippen LogP contribution in [0.4, 0.5) is 0 Å². The standard InChI is InChI=1S/C14H34BrNO3Si3.C10H29NO2Si3.C4H6Br2O/c1-14(2,15)13(17)16-11-10-12-22(9,18-20(3,4)5)19-21(6,7)8;1-14(2,3)12-16(7,10-8-9-11)13-15(4,5)6;1-4(2,6)3(5)7/h10-12H2,1-9H3,(H,16,17);8-11H2,1-7H3;1-2H3. The lowest BCUT2D eigenvalue weighted by Crippen LogP contribution is -2.52. The van der Waals surface area contributed by atoms with Crippen LogP contribution in [0.25, 0.3) is 0 Å². The third-order valence-corrected chi connectivity index (χ3v) is 26.5. The molecule has 272 valence electrons. The predicted molar refractivity (Wildman–Crippen MR) is 222 cm³/mol. The van der Waals surface area contributed by atoms with Gasteiger partial charge in [-0.3, -0.25) is 9.59 Å². The zero-order valence-corrected chi connectivity index (χ0v) is 42.7. The largest absolute Gasteiger partial charge is 0.437 e. The molecule has 0 aliphatic heterocycles. The van der Waals surface area contributed by atoms with Crippen molar-refractivity contribution in [2.75, 3.05) is 13.1 Å². The van der Waals surface area contributed by atoms with E-state index in [9.17, 15) is 9.59 Å². The molecule has 0 aromatic heterocycles. The van der Waals surface area contributed by atoms with E-state index >= 15 is 0 Å². The van der Waals surface area contributed by atoms with Crippen molar-refractivity contribution in [3.8, 4) is 0 Å². The van der Waals surface area contributed by atoms with Crippen LogP contribution in [0.15, 0.2) is 0 Å². The average Bonchev–Trinajstić information content (AvgIpc) is 2.69. The van der Waals surface area contributed by atoms with Gasteiger partial charge in [0.15, 0.2) is 33.3 Å². The van der Waals surface area contributed by atoms with E-state index in [1.165, 1.54) is 0 Å². The molecule has 3 N–H and O–H groups in total. The molecule has 0 aliphatic rings. The van der Waals surface area contributed by atoms with Crippen LogP contribution in [-0.4, -0.2) is 82.7 Å². The molecule has 0 saturated heterocycles. The van der Waals surface area contributed by atoms with Crippen molar-refractivity contribution in [1.29, 1.82) is 0 Å². The maximum Gasteiger partial charge on any atom is 0.314 e. The second-order valence-electron chi connectivity index (χ2n) is 16.6. The van der Waals surface area contributed by atoms with E-state index in [1.54, 1.807) is 13.8 Å². The molecule has 45 heavy (non-hydrogen) atoms. The van der Waals surface area contributed by atoms with E-state index < -0.39 is 59.0 Å². The van der Waals surface area contributed by atoms with Gasteiger partial charge in [-0.2, -0.15) is 0 Å². The quantitative estimate of drug-likeness (QED) is 0.0648.